The zero-order chi connectivity index (χ0) is 26.6. The van der Waals surface area contributed by atoms with E-state index >= 15 is 0 Å². The van der Waals surface area contributed by atoms with Crippen LogP contribution in [0.2, 0.25) is 0 Å². The number of nitrogens with one attached hydrogen (secondary N) is 1. The van der Waals surface area contributed by atoms with Gasteiger partial charge in [0.2, 0.25) is 5.88 Å². The molecule has 1 aliphatic rings. The normalized spacial score (nSPS) is 13.8. The van der Waals surface area contributed by atoms with Gasteiger partial charge in [-0.15, -0.1) is 5.10 Å². The number of carbonyl (C=O) groups is 2. The van der Waals surface area contributed by atoms with Gasteiger partial charge in [0.25, 0.3) is 5.91 Å². The summed E-state index contributed by atoms with van der Waals surface area (Å²) in [5.74, 6) is 0.896. The van der Waals surface area contributed by atoms with Crippen molar-refractivity contribution >= 4 is 29.2 Å². The molecular weight excluding hydrogens is 486 g/mol. The molecule has 38 heavy (non-hydrogen) atoms. The lowest BCUT2D eigenvalue weighted by Crippen LogP contribution is -2.30. The number of aryl methyl sites for hydroxylation is 1. The van der Waals surface area contributed by atoms with E-state index in [2.05, 4.69) is 20.3 Å². The lowest BCUT2D eigenvalue weighted by Gasteiger charge is -2.27. The molecule has 2 aromatic carbocycles. The van der Waals surface area contributed by atoms with Gasteiger partial charge >= 0.3 is 6.09 Å². The molecule has 4 aromatic rings. The van der Waals surface area contributed by atoms with E-state index in [1.54, 1.807) is 42.6 Å². The predicted molar refractivity (Wildman–Crippen MR) is 142 cm³/mol. The van der Waals surface area contributed by atoms with Crippen molar-refractivity contribution in [2.45, 2.75) is 32.7 Å². The van der Waals surface area contributed by atoms with E-state index in [-0.39, 0.29) is 11.3 Å². The van der Waals surface area contributed by atoms with Crippen molar-refractivity contribution in [1.82, 2.24) is 19.5 Å². The second kappa shape index (κ2) is 10.8. The summed E-state index contributed by atoms with van der Waals surface area (Å²) in [6.45, 7) is 4.33. The van der Waals surface area contributed by atoms with Crippen LogP contribution in [0.25, 0.3) is 5.65 Å². The number of anilines is 2. The Morgan fingerprint density at radius 2 is 1.89 bits per heavy atom. The Hall–Kier alpha value is -4.64. The smallest absolute Gasteiger partial charge is 0.409 e. The number of piperidine rings is 1. The first-order valence-electron chi connectivity index (χ1n) is 12.4. The van der Waals surface area contributed by atoms with E-state index in [0.29, 0.717) is 35.3 Å². The summed E-state index contributed by atoms with van der Waals surface area (Å²) in [5, 5.41) is 7.26. The number of imidazole rings is 1. The zero-order valence-corrected chi connectivity index (χ0v) is 21.0. The second-order valence-corrected chi connectivity index (χ2v) is 9.22. The van der Waals surface area contributed by atoms with Gasteiger partial charge in [-0.1, -0.05) is 24.6 Å². The Morgan fingerprint density at radius 1 is 1.08 bits per heavy atom. The van der Waals surface area contributed by atoms with Crippen molar-refractivity contribution in [2.24, 2.45) is 5.73 Å². The molecule has 0 bridgehead atoms. The van der Waals surface area contributed by atoms with Crippen LogP contribution in [-0.2, 0) is 6.54 Å². The molecule has 11 nitrogen and oxygen atoms in total. The average molecular weight is 516 g/mol. The van der Waals surface area contributed by atoms with Gasteiger partial charge in [0.15, 0.2) is 5.65 Å². The van der Waals surface area contributed by atoms with Crippen LogP contribution in [-0.4, -0.2) is 44.6 Å². The molecule has 0 unspecified atom stereocenters. The van der Waals surface area contributed by atoms with Gasteiger partial charge in [-0.3, -0.25) is 9.69 Å². The number of amides is 2. The molecule has 5 N–H and O–H groups in total. The summed E-state index contributed by atoms with van der Waals surface area (Å²) in [5.41, 5.74) is 14.0. The minimum atomic E-state index is -0.971. The van der Waals surface area contributed by atoms with E-state index in [9.17, 15) is 9.59 Å². The number of hydrogen-bond donors (Lipinski definition) is 3. The summed E-state index contributed by atoms with van der Waals surface area (Å²) in [7, 11) is 0. The van der Waals surface area contributed by atoms with Crippen molar-refractivity contribution in [2.75, 3.05) is 24.1 Å². The van der Waals surface area contributed by atoms with E-state index in [1.807, 2.05) is 19.1 Å². The van der Waals surface area contributed by atoms with Crippen LogP contribution in [0, 0.1) is 6.92 Å². The Bertz CT molecular complexity index is 1490. The molecule has 0 saturated carbocycles. The molecular formula is C27H29N7O4. The summed E-state index contributed by atoms with van der Waals surface area (Å²) < 4.78 is 12.8. The molecule has 3 heterocycles. The fraction of sp³-hybridized carbons (Fsp3) is 0.259. The van der Waals surface area contributed by atoms with Gasteiger partial charge in [-0.2, -0.15) is 0 Å². The molecule has 0 aliphatic carbocycles. The van der Waals surface area contributed by atoms with E-state index in [1.165, 1.54) is 10.9 Å². The maximum Gasteiger partial charge on any atom is 0.409 e. The number of hydrogen-bond acceptors (Lipinski definition) is 8. The van der Waals surface area contributed by atoms with Crippen molar-refractivity contribution in [3.8, 4) is 17.4 Å². The third kappa shape index (κ3) is 5.68. The number of nitrogens with two attached hydrogens (primary N) is 2. The molecule has 2 amide bonds. The minimum Gasteiger partial charge on any atom is -0.438 e. The number of primary amides is 1. The number of carbonyl (C=O) groups excluding carboxylic acids is 2. The van der Waals surface area contributed by atoms with Gasteiger partial charge in [-0.25, -0.2) is 14.3 Å². The monoisotopic (exact) mass is 515 g/mol. The first-order chi connectivity index (χ1) is 18.4. The second-order valence-electron chi connectivity index (χ2n) is 9.22. The summed E-state index contributed by atoms with van der Waals surface area (Å²) in [6, 6.07) is 14.0. The van der Waals surface area contributed by atoms with Crippen molar-refractivity contribution in [3.05, 3.63) is 71.4 Å². The quantitative estimate of drug-likeness (QED) is 0.333. The summed E-state index contributed by atoms with van der Waals surface area (Å²) in [4.78, 5) is 31.5. The van der Waals surface area contributed by atoms with Gasteiger partial charge in [0.05, 0.1) is 11.8 Å². The van der Waals surface area contributed by atoms with Crippen LogP contribution >= 0.6 is 0 Å². The fourth-order valence-corrected chi connectivity index (χ4v) is 4.51. The first kappa shape index (κ1) is 25.0. The zero-order valence-electron chi connectivity index (χ0n) is 21.0. The van der Waals surface area contributed by atoms with Crippen LogP contribution in [0.15, 0.2) is 54.7 Å². The number of benzene rings is 2. The van der Waals surface area contributed by atoms with Gasteiger partial charge < -0.3 is 26.3 Å². The van der Waals surface area contributed by atoms with E-state index < -0.39 is 12.0 Å². The van der Waals surface area contributed by atoms with Crippen molar-refractivity contribution in [1.29, 1.82) is 0 Å². The van der Waals surface area contributed by atoms with Gasteiger partial charge in [-0.05, 0) is 56.6 Å². The van der Waals surface area contributed by atoms with Crippen LogP contribution in [0.1, 0.15) is 40.7 Å². The van der Waals surface area contributed by atoms with Crippen LogP contribution in [0.5, 0.6) is 17.4 Å². The Kier molecular flexibility index (Phi) is 7.09. The molecule has 196 valence electrons. The molecule has 0 atom stereocenters. The minimum absolute atomic E-state index is 0.172. The van der Waals surface area contributed by atoms with E-state index in [4.69, 9.17) is 20.9 Å². The summed E-state index contributed by atoms with van der Waals surface area (Å²) in [6.07, 6.45) is 4.05. The predicted octanol–water partition coefficient (Wildman–Crippen LogP) is 4.11. The topological polar surface area (TPSA) is 150 Å². The number of fused-ring (bicyclic) bond motifs is 1. The largest absolute Gasteiger partial charge is 0.438 e. The fourth-order valence-electron chi connectivity index (χ4n) is 4.51. The first-order valence-corrected chi connectivity index (χ1v) is 12.4. The molecule has 5 rings (SSSR count). The number of para-hydroxylation sites is 1. The Balaban J connectivity index is 1.38. The lowest BCUT2D eigenvalue weighted by atomic mass is 10.0. The number of nitrogens with zero attached hydrogens (tertiary/aromatic N) is 4. The van der Waals surface area contributed by atoms with Gasteiger partial charge in [0, 0.05) is 29.9 Å². The third-order valence-electron chi connectivity index (χ3n) is 6.38. The van der Waals surface area contributed by atoms with E-state index in [0.717, 1.165) is 37.1 Å². The highest BCUT2D eigenvalue weighted by atomic mass is 16.5. The maximum atomic E-state index is 13.4. The highest BCUT2D eigenvalue weighted by Crippen LogP contribution is 2.30. The summed E-state index contributed by atoms with van der Waals surface area (Å²) >= 11 is 0. The number of likely N-dealkylation sites (tertiary alicyclic amines) is 1. The maximum absolute atomic E-state index is 13.4. The third-order valence-corrected chi connectivity index (χ3v) is 6.38. The molecule has 0 radical (unpaired) electrons. The molecule has 1 saturated heterocycles. The SMILES string of the molecule is Cc1ccc(Oc2ccc3nc(N)cn3n2)cc1NC(=O)c1cccc(CN2CCCCC2)c1OC(N)=O. The Morgan fingerprint density at radius 3 is 2.68 bits per heavy atom. The van der Waals surface area contributed by atoms with Crippen molar-refractivity contribution in [3.63, 3.8) is 0 Å². The lowest BCUT2D eigenvalue weighted by molar-refractivity contribution is 0.102. The standard InChI is InChI=1S/C27H29N7O4/c1-17-8-9-19(37-24-11-10-23-31-22(28)16-34(23)32-24)14-21(17)30-26(35)20-7-5-6-18(25(20)38-27(29)36)15-33-12-3-2-4-13-33/h5-11,14,16H,2-4,12-13,15,28H2,1H3,(H2,29,36)(H,30,35). The average Bonchev–Trinajstić information content (AvgIpc) is 3.26. The highest BCUT2D eigenvalue weighted by molar-refractivity contribution is 6.07. The molecule has 2 aromatic heterocycles. The number of aromatic nitrogens is 3. The van der Waals surface area contributed by atoms with Crippen LogP contribution in [0.3, 0.4) is 0 Å². The van der Waals surface area contributed by atoms with Crippen LogP contribution in [0.4, 0.5) is 16.3 Å². The number of rotatable bonds is 7. The number of nitrogen functional groups attached to an aromatic ring is 1. The Labute approximate surface area is 219 Å². The molecule has 11 heteroatoms. The highest BCUT2D eigenvalue weighted by Gasteiger charge is 2.21. The molecule has 0 spiro atoms. The van der Waals surface area contributed by atoms with Crippen molar-refractivity contribution < 1.29 is 19.1 Å². The van der Waals surface area contributed by atoms with Gasteiger partial charge in [0.1, 0.15) is 17.3 Å². The number of ether oxygens (including phenoxy) is 2. The molecule has 1 fully saturated rings. The van der Waals surface area contributed by atoms with Crippen LogP contribution < -0.4 is 26.3 Å². The molecule has 1 aliphatic heterocycles.